The largest absolute Gasteiger partial charge is 0.352 e. The molecule has 18 heavy (non-hydrogen) atoms. The van der Waals surface area contributed by atoms with Crippen molar-refractivity contribution in [3.8, 4) is 0 Å². The van der Waals surface area contributed by atoms with E-state index < -0.39 is 0 Å². The Kier molecular flexibility index (Phi) is 4.43. The van der Waals surface area contributed by atoms with Gasteiger partial charge in [-0.15, -0.1) is 0 Å². The third kappa shape index (κ3) is 2.94. The standard InChI is InChI=1S/C13H20BrN3O/c1-9-11(8-16-17(9)2)13(18)15-7-10-5-3-4-6-12(10)14/h8,10,12H,3-7H2,1-2H3,(H,15,18). The maximum absolute atomic E-state index is 12.0. The van der Waals surface area contributed by atoms with Gasteiger partial charge in [-0.05, 0) is 25.7 Å². The van der Waals surface area contributed by atoms with E-state index in [4.69, 9.17) is 0 Å². The van der Waals surface area contributed by atoms with Crippen molar-refractivity contribution in [2.45, 2.75) is 37.4 Å². The third-order valence-electron chi connectivity index (χ3n) is 3.82. The number of nitrogens with one attached hydrogen (secondary N) is 1. The van der Waals surface area contributed by atoms with E-state index in [1.165, 1.54) is 25.7 Å². The number of halogens is 1. The first-order valence-corrected chi connectivity index (χ1v) is 7.42. The molecule has 1 aliphatic rings. The van der Waals surface area contributed by atoms with E-state index in [0.717, 1.165) is 12.2 Å². The first-order chi connectivity index (χ1) is 8.59. The van der Waals surface area contributed by atoms with Crippen molar-refractivity contribution in [1.29, 1.82) is 0 Å². The molecule has 1 amide bonds. The van der Waals surface area contributed by atoms with Crippen molar-refractivity contribution in [3.63, 3.8) is 0 Å². The molecule has 0 bridgehead atoms. The summed E-state index contributed by atoms with van der Waals surface area (Å²) in [5.74, 6) is 0.547. The van der Waals surface area contributed by atoms with Crippen molar-refractivity contribution in [2.75, 3.05) is 6.54 Å². The fourth-order valence-electron chi connectivity index (χ4n) is 2.43. The number of hydrogen-bond donors (Lipinski definition) is 1. The van der Waals surface area contributed by atoms with Crippen molar-refractivity contribution in [2.24, 2.45) is 13.0 Å². The molecule has 2 unspecified atom stereocenters. The second kappa shape index (κ2) is 5.87. The van der Waals surface area contributed by atoms with Gasteiger partial charge in [-0.2, -0.15) is 5.10 Å². The average Bonchev–Trinajstić information content (AvgIpc) is 2.69. The number of alkyl halides is 1. The number of aryl methyl sites for hydroxylation is 1. The van der Waals surface area contributed by atoms with E-state index in [-0.39, 0.29) is 5.91 Å². The van der Waals surface area contributed by atoms with Gasteiger partial charge in [0.1, 0.15) is 0 Å². The first-order valence-electron chi connectivity index (χ1n) is 6.50. The number of amides is 1. The number of rotatable bonds is 3. The van der Waals surface area contributed by atoms with Crippen LogP contribution >= 0.6 is 15.9 Å². The molecule has 100 valence electrons. The lowest BCUT2D eigenvalue weighted by Gasteiger charge is -2.27. The van der Waals surface area contributed by atoms with Crippen LogP contribution in [0.25, 0.3) is 0 Å². The predicted octanol–water partition coefficient (Wildman–Crippen LogP) is 2.41. The van der Waals surface area contributed by atoms with E-state index in [9.17, 15) is 4.79 Å². The van der Waals surface area contributed by atoms with Crippen LogP contribution in [0.3, 0.4) is 0 Å². The maximum atomic E-state index is 12.0. The van der Waals surface area contributed by atoms with Crippen LogP contribution in [0.2, 0.25) is 0 Å². The lowest BCUT2D eigenvalue weighted by Crippen LogP contribution is -2.34. The zero-order valence-corrected chi connectivity index (χ0v) is 12.5. The summed E-state index contributed by atoms with van der Waals surface area (Å²) < 4.78 is 1.73. The lowest BCUT2D eigenvalue weighted by atomic mass is 9.89. The molecule has 1 N–H and O–H groups in total. The van der Waals surface area contributed by atoms with E-state index >= 15 is 0 Å². The summed E-state index contributed by atoms with van der Waals surface area (Å²) in [6.45, 7) is 2.67. The average molecular weight is 314 g/mol. The van der Waals surface area contributed by atoms with E-state index in [1.807, 2.05) is 14.0 Å². The second-order valence-electron chi connectivity index (χ2n) is 5.04. The van der Waals surface area contributed by atoms with Crippen LogP contribution in [0.4, 0.5) is 0 Å². The summed E-state index contributed by atoms with van der Waals surface area (Å²) in [6.07, 6.45) is 6.61. The quantitative estimate of drug-likeness (QED) is 0.871. The van der Waals surface area contributed by atoms with Crippen molar-refractivity contribution in [3.05, 3.63) is 17.5 Å². The zero-order valence-electron chi connectivity index (χ0n) is 10.9. The van der Waals surface area contributed by atoms with Crippen molar-refractivity contribution < 1.29 is 4.79 Å². The third-order valence-corrected chi connectivity index (χ3v) is 5.03. The summed E-state index contributed by atoms with van der Waals surface area (Å²) in [4.78, 5) is 12.6. The van der Waals surface area contributed by atoms with Crippen LogP contribution in [0.15, 0.2) is 6.20 Å². The van der Waals surface area contributed by atoms with Crippen LogP contribution in [0.5, 0.6) is 0 Å². The number of carbonyl (C=O) groups is 1. The molecule has 1 fully saturated rings. The van der Waals surface area contributed by atoms with Gasteiger partial charge >= 0.3 is 0 Å². The topological polar surface area (TPSA) is 46.9 Å². The Morgan fingerprint density at radius 2 is 2.28 bits per heavy atom. The minimum absolute atomic E-state index is 0.00845. The number of hydrogen-bond acceptors (Lipinski definition) is 2. The minimum Gasteiger partial charge on any atom is -0.352 e. The van der Waals surface area contributed by atoms with E-state index in [2.05, 4.69) is 26.3 Å². The Labute approximate surface area is 116 Å². The van der Waals surface area contributed by atoms with Crippen LogP contribution in [-0.2, 0) is 7.05 Å². The van der Waals surface area contributed by atoms with Gasteiger partial charge < -0.3 is 5.32 Å². The molecule has 2 atom stereocenters. The molecule has 1 heterocycles. The molecule has 1 aliphatic carbocycles. The normalized spacial score (nSPS) is 23.9. The zero-order chi connectivity index (χ0) is 13.1. The van der Waals surface area contributed by atoms with Gasteiger partial charge in [0.05, 0.1) is 11.8 Å². The Balaban J connectivity index is 1.90. The van der Waals surface area contributed by atoms with E-state index in [0.29, 0.717) is 16.3 Å². The molecule has 1 saturated carbocycles. The first kappa shape index (κ1) is 13.6. The van der Waals surface area contributed by atoms with Gasteiger partial charge in [-0.3, -0.25) is 9.48 Å². The summed E-state index contributed by atoms with van der Waals surface area (Å²) >= 11 is 3.71. The van der Waals surface area contributed by atoms with Gasteiger partial charge in [-0.1, -0.05) is 28.8 Å². The highest BCUT2D eigenvalue weighted by molar-refractivity contribution is 9.09. The highest BCUT2D eigenvalue weighted by atomic mass is 79.9. The molecule has 1 aromatic rings. The van der Waals surface area contributed by atoms with Crippen LogP contribution in [0, 0.1) is 12.8 Å². The van der Waals surface area contributed by atoms with Crippen LogP contribution in [-0.4, -0.2) is 27.1 Å². The Hall–Kier alpha value is -0.840. The summed E-state index contributed by atoms with van der Waals surface area (Å²) in [7, 11) is 1.85. The monoisotopic (exact) mass is 313 g/mol. The number of nitrogens with zero attached hydrogens (tertiary/aromatic N) is 2. The van der Waals surface area contributed by atoms with E-state index in [1.54, 1.807) is 10.9 Å². The van der Waals surface area contributed by atoms with Gasteiger partial charge in [0.25, 0.3) is 5.91 Å². The Morgan fingerprint density at radius 3 is 2.89 bits per heavy atom. The molecule has 5 heteroatoms. The van der Waals surface area contributed by atoms with Crippen molar-refractivity contribution in [1.82, 2.24) is 15.1 Å². The highest BCUT2D eigenvalue weighted by Crippen LogP contribution is 2.29. The summed E-state index contributed by atoms with van der Waals surface area (Å²) in [5.41, 5.74) is 1.59. The second-order valence-corrected chi connectivity index (χ2v) is 6.21. The number of aromatic nitrogens is 2. The molecule has 4 nitrogen and oxygen atoms in total. The van der Waals surface area contributed by atoms with Crippen LogP contribution < -0.4 is 5.32 Å². The fourth-order valence-corrected chi connectivity index (χ4v) is 3.21. The summed E-state index contributed by atoms with van der Waals surface area (Å²) in [5, 5.41) is 7.12. The minimum atomic E-state index is -0.00845. The van der Waals surface area contributed by atoms with Gasteiger partial charge in [0.15, 0.2) is 0 Å². The predicted molar refractivity (Wildman–Crippen MR) is 75.0 cm³/mol. The molecule has 2 rings (SSSR count). The SMILES string of the molecule is Cc1c(C(=O)NCC2CCCCC2Br)cnn1C. The van der Waals surface area contributed by atoms with Gasteiger partial charge in [0, 0.05) is 24.1 Å². The molecule has 0 spiro atoms. The lowest BCUT2D eigenvalue weighted by molar-refractivity contribution is 0.0944. The van der Waals surface area contributed by atoms with Gasteiger partial charge in [-0.25, -0.2) is 0 Å². The fraction of sp³-hybridized carbons (Fsp3) is 0.692. The Morgan fingerprint density at radius 1 is 1.56 bits per heavy atom. The summed E-state index contributed by atoms with van der Waals surface area (Å²) in [6, 6.07) is 0. The highest BCUT2D eigenvalue weighted by Gasteiger charge is 2.23. The maximum Gasteiger partial charge on any atom is 0.254 e. The molecular weight excluding hydrogens is 294 g/mol. The molecular formula is C13H20BrN3O. The number of carbonyl (C=O) groups excluding carboxylic acids is 1. The molecule has 0 aromatic carbocycles. The van der Waals surface area contributed by atoms with Crippen LogP contribution in [0.1, 0.15) is 41.7 Å². The molecule has 0 saturated heterocycles. The molecule has 0 aliphatic heterocycles. The molecule has 1 aromatic heterocycles. The Bertz CT molecular complexity index is 430. The smallest absolute Gasteiger partial charge is 0.254 e. The van der Waals surface area contributed by atoms with Gasteiger partial charge in [0.2, 0.25) is 0 Å². The van der Waals surface area contributed by atoms with Crippen molar-refractivity contribution >= 4 is 21.8 Å². The molecule has 0 radical (unpaired) electrons.